The monoisotopic (exact) mass is 344 g/mol. The normalized spacial score (nSPS) is 12.2. The van der Waals surface area contributed by atoms with E-state index in [2.05, 4.69) is 53.4 Å². The van der Waals surface area contributed by atoms with E-state index in [0.29, 0.717) is 10.8 Å². The summed E-state index contributed by atoms with van der Waals surface area (Å²) in [6.07, 6.45) is 3.07. The Balaban J connectivity index is 1.86. The Labute approximate surface area is 144 Å². The van der Waals surface area contributed by atoms with Gasteiger partial charge in [-0.2, -0.15) is 0 Å². The van der Waals surface area contributed by atoms with Crippen molar-refractivity contribution in [3.63, 3.8) is 0 Å². The molecule has 23 heavy (non-hydrogen) atoms. The molecule has 0 aliphatic carbocycles. The highest BCUT2D eigenvalue weighted by Gasteiger charge is 2.16. The molecule has 0 saturated heterocycles. The van der Waals surface area contributed by atoms with E-state index in [1.165, 1.54) is 16.8 Å². The predicted molar refractivity (Wildman–Crippen MR) is 96.1 cm³/mol. The van der Waals surface area contributed by atoms with Gasteiger partial charge in [-0.25, -0.2) is 15.0 Å². The molecule has 2 heterocycles. The van der Waals surface area contributed by atoms with Crippen LogP contribution in [0.1, 0.15) is 29.1 Å². The zero-order chi connectivity index (χ0) is 16.4. The number of aromatic nitrogens is 3. The SMILES string of the molecule is Cc1ccc(-c2nc(C)c(C(C)Nc3ncncc3Cl)s2)cc1. The third-order valence-corrected chi connectivity index (χ3v) is 5.21. The minimum Gasteiger partial charge on any atom is -0.361 e. The second kappa shape index (κ2) is 6.64. The molecule has 118 valence electrons. The summed E-state index contributed by atoms with van der Waals surface area (Å²) in [4.78, 5) is 14.0. The standard InChI is InChI=1S/C17H17ClN4S/c1-10-4-6-13(7-5-10)17-22-12(3)15(23-17)11(2)21-16-14(18)8-19-9-20-16/h4-9,11H,1-3H3,(H,19,20,21). The summed E-state index contributed by atoms with van der Waals surface area (Å²) in [6, 6.07) is 8.49. The van der Waals surface area contributed by atoms with E-state index in [1.807, 2.05) is 6.92 Å². The lowest BCUT2D eigenvalue weighted by molar-refractivity contribution is 0.878. The number of hydrogen-bond donors (Lipinski definition) is 1. The fourth-order valence-corrected chi connectivity index (χ4v) is 3.55. The van der Waals surface area contributed by atoms with E-state index in [9.17, 15) is 0 Å². The van der Waals surface area contributed by atoms with Crippen molar-refractivity contribution in [3.05, 3.63) is 57.9 Å². The van der Waals surface area contributed by atoms with Crippen molar-refractivity contribution in [1.82, 2.24) is 15.0 Å². The lowest BCUT2D eigenvalue weighted by Gasteiger charge is -2.14. The maximum Gasteiger partial charge on any atom is 0.148 e. The van der Waals surface area contributed by atoms with Gasteiger partial charge in [0.05, 0.1) is 17.9 Å². The van der Waals surface area contributed by atoms with Crippen LogP contribution in [-0.4, -0.2) is 15.0 Å². The lowest BCUT2D eigenvalue weighted by atomic mass is 10.2. The van der Waals surface area contributed by atoms with Crippen molar-refractivity contribution in [1.29, 1.82) is 0 Å². The van der Waals surface area contributed by atoms with Crippen LogP contribution in [-0.2, 0) is 0 Å². The summed E-state index contributed by atoms with van der Waals surface area (Å²) in [5.74, 6) is 0.638. The number of hydrogen-bond acceptors (Lipinski definition) is 5. The van der Waals surface area contributed by atoms with Crippen molar-refractivity contribution in [3.8, 4) is 10.6 Å². The van der Waals surface area contributed by atoms with Gasteiger partial charge in [-0.05, 0) is 20.8 Å². The number of anilines is 1. The van der Waals surface area contributed by atoms with Gasteiger partial charge in [-0.15, -0.1) is 11.3 Å². The summed E-state index contributed by atoms with van der Waals surface area (Å²) in [6.45, 7) is 6.20. The highest BCUT2D eigenvalue weighted by molar-refractivity contribution is 7.15. The number of nitrogens with zero attached hydrogens (tertiary/aromatic N) is 3. The van der Waals surface area contributed by atoms with E-state index >= 15 is 0 Å². The molecular formula is C17H17ClN4S. The van der Waals surface area contributed by atoms with Gasteiger partial charge in [0.25, 0.3) is 0 Å². The second-order valence-electron chi connectivity index (χ2n) is 5.42. The van der Waals surface area contributed by atoms with E-state index in [0.717, 1.165) is 16.3 Å². The van der Waals surface area contributed by atoms with Gasteiger partial charge < -0.3 is 5.32 Å². The van der Waals surface area contributed by atoms with Crippen molar-refractivity contribution in [2.75, 3.05) is 5.32 Å². The Bertz CT molecular complexity index is 814. The molecule has 0 bridgehead atoms. The van der Waals surface area contributed by atoms with E-state index in [1.54, 1.807) is 17.5 Å². The molecule has 1 unspecified atom stereocenters. The maximum atomic E-state index is 6.11. The van der Waals surface area contributed by atoms with E-state index in [-0.39, 0.29) is 6.04 Å². The Morgan fingerprint density at radius 1 is 1.17 bits per heavy atom. The number of rotatable bonds is 4. The van der Waals surface area contributed by atoms with Gasteiger partial charge in [0, 0.05) is 10.4 Å². The van der Waals surface area contributed by atoms with Crippen molar-refractivity contribution in [2.24, 2.45) is 0 Å². The highest BCUT2D eigenvalue weighted by Crippen LogP contribution is 2.33. The van der Waals surface area contributed by atoms with Crippen LogP contribution in [0.4, 0.5) is 5.82 Å². The van der Waals surface area contributed by atoms with Crippen LogP contribution >= 0.6 is 22.9 Å². The summed E-state index contributed by atoms with van der Waals surface area (Å²) in [5, 5.41) is 4.87. The fourth-order valence-electron chi connectivity index (χ4n) is 2.32. The number of halogens is 1. The average Bonchev–Trinajstić information content (AvgIpc) is 2.92. The molecule has 3 aromatic rings. The van der Waals surface area contributed by atoms with Crippen LogP contribution in [0.3, 0.4) is 0 Å². The van der Waals surface area contributed by atoms with Crippen LogP contribution < -0.4 is 5.32 Å². The number of aryl methyl sites for hydroxylation is 2. The number of thiazole rings is 1. The molecule has 2 aromatic heterocycles. The Kier molecular flexibility index (Phi) is 4.59. The number of benzene rings is 1. The van der Waals surface area contributed by atoms with Crippen LogP contribution in [0, 0.1) is 13.8 Å². The molecule has 6 heteroatoms. The molecule has 0 saturated carbocycles. The summed E-state index contributed by atoms with van der Waals surface area (Å²) in [7, 11) is 0. The molecule has 3 rings (SSSR count). The average molecular weight is 345 g/mol. The van der Waals surface area contributed by atoms with Crippen LogP contribution in [0.15, 0.2) is 36.8 Å². The van der Waals surface area contributed by atoms with Crippen molar-refractivity contribution in [2.45, 2.75) is 26.8 Å². The molecule has 0 aliphatic heterocycles. The lowest BCUT2D eigenvalue weighted by Crippen LogP contribution is -2.08. The Hall–Kier alpha value is -1.98. The third-order valence-electron chi connectivity index (χ3n) is 3.55. The van der Waals surface area contributed by atoms with Crippen LogP contribution in [0.5, 0.6) is 0 Å². The minimum atomic E-state index is 0.0686. The van der Waals surface area contributed by atoms with Gasteiger partial charge in [-0.1, -0.05) is 41.4 Å². The van der Waals surface area contributed by atoms with Gasteiger partial charge in [-0.3, -0.25) is 0 Å². The smallest absolute Gasteiger partial charge is 0.148 e. The van der Waals surface area contributed by atoms with Gasteiger partial charge >= 0.3 is 0 Å². The largest absolute Gasteiger partial charge is 0.361 e. The van der Waals surface area contributed by atoms with E-state index in [4.69, 9.17) is 16.6 Å². The molecule has 0 radical (unpaired) electrons. The van der Waals surface area contributed by atoms with Gasteiger partial charge in [0.15, 0.2) is 0 Å². The second-order valence-corrected chi connectivity index (χ2v) is 6.86. The van der Waals surface area contributed by atoms with Gasteiger partial charge in [0.2, 0.25) is 0 Å². The molecule has 0 fully saturated rings. The molecule has 1 N–H and O–H groups in total. The summed E-state index contributed by atoms with van der Waals surface area (Å²) in [5.41, 5.74) is 3.41. The maximum absolute atomic E-state index is 6.11. The zero-order valence-corrected chi connectivity index (χ0v) is 14.7. The Morgan fingerprint density at radius 2 is 1.91 bits per heavy atom. The highest BCUT2D eigenvalue weighted by atomic mass is 35.5. The third kappa shape index (κ3) is 3.51. The van der Waals surface area contributed by atoms with Crippen molar-refractivity contribution < 1.29 is 0 Å². The minimum absolute atomic E-state index is 0.0686. The Morgan fingerprint density at radius 3 is 2.61 bits per heavy atom. The molecule has 0 aliphatic rings. The first-order valence-electron chi connectivity index (χ1n) is 7.31. The molecule has 1 aromatic carbocycles. The fraction of sp³-hybridized carbons (Fsp3) is 0.235. The predicted octanol–water partition coefficient (Wildman–Crippen LogP) is 5.04. The number of nitrogens with one attached hydrogen (secondary N) is 1. The van der Waals surface area contributed by atoms with Crippen molar-refractivity contribution >= 4 is 28.8 Å². The first kappa shape index (κ1) is 15.9. The summed E-state index contributed by atoms with van der Waals surface area (Å²) < 4.78 is 0. The first-order valence-corrected chi connectivity index (χ1v) is 8.50. The van der Waals surface area contributed by atoms with Gasteiger partial charge in [0.1, 0.15) is 22.2 Å². The molecule has 0 amide bonds. The topological polar surface area (TPSA) is 50.7 Å². The molecule has 4 nitrogen and oxygen atoms in total. The molecule has 0 spiro atoms. The molecule has 1 atom stereocenters. The summed E-state index contributed by atoms with van der Waals surface area (Å²) >= 11 is 7.80. The van der Waals surface area contributed by atoms with Crippen LogP contribution in [0.25, 0.3) is 10.6 Å². The molecular weight excluding hydrogens is 328 g/mol. The first-order chi connectivity index (χ1) is 11.0. The quantitative estimate of drug-likeness (QED) is 0.720. The van der Waals surface area contributed by atoms with E-state index < -0.39 is 0 Å². The van der Waals surface area contributed by atoms with Crippen LogP contribution in [0.2, 0.25) is 5.02 Å². The zero-order valence-electron chi connectivity index (χ0n) is 13.2.